The molecule has 0 unspecified atom stereocenters. The number of aliphatic carboxylic acids is 1. The maximum Gasteiger partial charge on any atom is 0.410 e. The van der Waals surface area contributed by atoms with Crippen LogP contribution in [0.15, 0.2) is 0 Å². The summed E-state index contributed by atoms with van der Waals surface area (Å²) in [4.78, 5) is 39.4. The Balaban J connectivity index is 3.01. The van der Waals surface area contributed by atoms with Gasteiger partial charge in [0, 0.05) is 13.6 Å². The van der Waals surface area contributed by atoms with Gasteiger partial charge in [0.1, 0.15) is 11.6 Å². The van der Waals surface area contributed by atoms with Crippen molar-refractivity contribution in [1.82, 2.24) is 9.80 Å². The Kier molecular flexibility index (Phi) is 7.22. The predicted molar refractivity (Wildman–Crippen MR) is 91.2 cm³/mol. The summed E-state index contributed by atoms with van der Waals surface area (Å²) >= 11 is 0. The van der Waals surface area contributed by atoms with Gasteiger partial charge >= 0.3 is 12.1 Å². The van der Waals surface area contributed by atoms with Gasteiger partial charge in [0.05, 0.1) is 13.2 Å². The largest absolute Gasteiger partial charge is 0.480 e. The van der Waals surface area contributed by atoms with Gasteiger partial charge < -0.3 is 19.5 Å². The number of hydrogen-bond acceptors (Lipinski definition) is 5. The summed E-state index contributed by atoms with van der Waals surface area (Å²) in [6, 6.07) is -1.82. The van der Waals surface area contributed by atoms with Crippen molar-refractivity contribution >= 4 is 18.0 Å². The normalized spacial score (nSPS) is 19.5. The maximum atomic E-state index is 13.0. The van der Waals surface area contributed by atoms with Gasteiger partial charge in [-0.25, -0.2) is 9.59 Å². The number of carboxylic acids is 1. The molecule has 1 saturated heterocycles. The fourth-order valence-electron chi connectivity index (χ4n) is 2.60. The zero-order chi connectivity index (χ0) is 19.4. The molecule has 2 atom stereocenters. The minimum absolute atomic E-state index is 0.0500. The zero-order valence-electron chi connectivity index (χ0n) is 15.9. The molecule has 1 aliphatic heterocycles. The first-order valence-corrected chi connectivity index (χ1v) is 8.51. The Hall–Kier alpha value is -1.83. The van der Waals surface area contributed by atoms with E-state index >= 15 is 0 Å². The summed E-state index contributed by atoms with van der Waals surface area (Å²) < 4.78 is 10.5. The van der Waals surface area contributed by atoms with E-state index < -0.39 is 35.7 Å². The molecule has 8 heteroatoms. The highest BCUT2D eigenvalue weighted by molar-refractivity contribution is 5.89. The van der Waals surface area contributed by atoms with E-state index in [1.165, 1.54) is 16.8 Å². The second-order valence-electron chi connectivity index (χ2n) is 7.70. The highest BCUT2D eigenvalue weighted by atomic mass is 16.6. The molecule has 0 saturated carbocycles. The lowest BCUT2D eigenvalue weighted by Gasteiger charge is -2.38. The van der Waals surface area contributed by atoms with Crippen molar-refractivity contribution in [2.45, 2.75) is 58.7 Å². The van der Waals surface area contributed by atoms with Gasteiger partial charge in [0.2, 0.25) is 5.91 Å². The maximum absolute atomic E-state index is 13.0. The van der Waals surface area contributed by atoms with Gasteiger partial charge in [-0.05, 0) is 33.1 Å². The van der Waals surface area contributed by atoms with E-state index in [9.17, 15) is 19.5 Å². The second kappa shape index (κ2) is 8.51. The molecular formula is C17H30N2O6. The van der Waals surface area contributed by atoms with E-state index in [0.29, 0.717) is 6.42 Å². The molecule has 0 aromatic rings. The van der Waals surface area contributed by atoms with Gasteiger partial charge in [0.15, 0.2) is 6.04 Å². The fraction of sp³-hybridized carbons (Fsp3) is 0.824. The Bertz CT molecular complexity index is 500. The Morgan fingerprint density at radius 2 is 1.92 bits per heavy atom. The van der Waals surface area contributed by atoms with Crippen molar-refractivity contribution < 1.29 is 29.0 Å². The molecule has 1 fully saturated rings. The number of rotatable bonds is 5. The number of morpholine rings is 1. The van der Waals surface area contributed by atoms with Gasteiger partial charge in [-0.3, -0.25) is 9.69 Å². The Morgan fingerprint density at radius 1 is 1.32 bits per heavy atom. The lowest BCUT2D eigenvalue weighted by atomic mass is 10.0. The van der Waals surface area contributed by atoms with Crippen LogP contribution in [-0.2, 0) is 19.1 Å². The number of carboxylic acid groups (broad SMARTS) is 1. The first-order valence-electron chi connectivity index (χ1n) is 8.51. The van der Waals surface area contributed by atoms with Crippen molar-refractivity contribution in [2.24, 2.45) is 5.92 Å². The van der Waals surface area contributed by atoms with Crippen LogP contribution in [0.2, 0.25) is 0 Å². The molecule has 2 amide bonds. The molecule has 1 aliphatic rings. The Morgan fingerprint density at radius 3 is 2.40 bits per heavy atom. The molecule has 8 nitrogen and oxygen atoms in total. The van der Waals surface area contributed by atoms with Crippen LogP contribution in [0.1, 0.15) is 41.0 Å². The van der Waals surface area contributed by atoms with Crippen molar-refractivity contribution in [1.29, 1.82) is 0 Å². The molecule has 1 heterocycles. The van der Waals surface area contributed by atoms with E-state index in [4.69, 9.17) is 9.47 Å². The molecule has 0 radical (unpaired) electrons. The summed E-state index contributed by atoms with van der Waals surface area (Å²) in [6.07, 6.45) is -0.190. The van der Waals surface area contributed by atoms with Gasteiger partial charge in [-0.1, -0.05) is 13.8 Å². The van der Waals surface area contributed by atoms with E-state index in [1.807, 2.05) is 13.8 Å². The van der Waals surface area contributed by atoms with E-state index in [2.05, 4.69) is 0 Å². The monoisotopic (exact) mass is 358 g/mol. The number of nitrogens with zero attached hydrogens (tertiary/aromatic N) is 2. The van der Waals surface area contributed by atoms with Crippen molar-refractivity contribution in [3.05, 3.63) is 0 Å². The van der Waals surface area contributed by atoms with Gasteiger partial charge in [-0.2, -0.15) is 0 Å². The first-order chi connectivity index (χ1) is 11.4. The lowest BCUT2D eigenvalue weighted by Crippen LogP contribution is -2.59. The Labute approximate surface area is 149 Å². The quantitative estimate of drug-likeness (QED) is 0.801. The van der Waals surface area contributed by atoms with Crippen LogP contribution in [0.3, 0.4) is 0 Å². The second-order valence-corrected chi connectivity index (χ2v) is 7.70. The smallest absolute Gasteiger partial charge is 0.410 e. The minimum Gasteiger partial charge on any atom is -0.480 e. The van der Waals surface area contributed by atoms with Crippen molar-refractivity contribution in [3.8, 4) is 0 Å². The third-order valence-electron chi connectivity index (χ3n) is 3.83. The summed E-state index contributed by atoms with van der Waals surface area (Å²) in [5.74, 6) is -1.36. The molecule has 0 aliphatic carbocycles. The molecule has 1 N–H and O–H groups in total. The van der Waals surface area contributed by atoms with Crippen LogP contribution in [0.5, 0.6) is 0 Å². The molecule has 144 valence electrons. The van der Waals surface area contributed by atoms with E-state index in [-0.39, 0.29) is 25.7 Å². The van der Waals surface area contributed by atoms with E-state index in [0.717, 1.165) is 0 Å². The number of carbonyl (C=O) groups excluding carboxylic acids is 2. The summed E-state index contributed by atoms with van der Waals surface area (Å²) in [7, 11) is 1.51. The third kappa shape index (κ3) is 6.19. The number of carbonyl (C=O) groups is 3. The number of likely N-dealkylation sites (N-methyl/N-ethyl adjacent to an activating group) is 1. The van der Waals surface area contributed by atoms with Gasteiger partial charge in [-0.15, -0.1) is 0 Å². The van der Waals surface area contributed by atoms with Crippen molar-refractivity contribution in [3.63, 3.8) is 0 Å². The average Bonchev–Trinajstić information content (AvgIpc) is 2.49. The van der Waals surface area contributed by atoms with E-state index in [1.54, 1.807) is 20.8 Å². The molecule has 1 rings (SSSR count). The third-order valence-corrected chi connectivity index (χ3v) is 3.83. The molecule has 0 aromatic carbocycles. The molecule has 0 spiro atoms. The average molecular weight is 358 g/mol. The number of ether oxygens (including phenoxy) is 2. The minimum atomic E-state index is -1.11. The van der Waals surface area contributed by atoms with Crippen LogP contribution in [0, 0.1) is 5.92 Å². The number of hydrogen-bond donors (Lipinski definition) is 1. The van der Waals surface area contributed by atoms with Crippen LogP contribution < -0.4 is 0 Å². The SMILES string of the molecule is CC(C)C[C@@H](C(=O)N1CCOC[C@@H]1C(=O)O)N(C)C(=O)OC(C)(C)C. The predicted octanol–water partition coefficient (Wildman–Crippen LogP) is 1.58. The van der Waals surface area contributed by atoms with Crippen molar-refractivity contribution in [2.75, 3.05) is 26.8 Å². The highest BCUT2D eigenvalue weighted by Crippen LogP contribution is 2.19. The van der Waals surface area contributed by atoms with Crippen LogP contribution in [0.25, 0.3) is 0 Å². The summed E-state index contributed by atoms with van der Waals surface area (Å²) in [5.41, 5.74) is -0.681. The zero-order valence-corrected chi connectivity index (χ0v) is 15.9. The van der Waals surface area contributed by atoms with Crippen LogP contribution in [0.4, 0.5) is 4.79 Å². The van der Waals surface area contributed by atoms with Gasteiger partial charge in [0.25, 0.3) is 0 Å². The molecule has 0 bridgehead atoms. The first kappa shape index (κ1) is 21.2. The molecule has 0 aromatic heterocycles. The fourth-order valence-corrected chi connectivity index (χ4v) is 2.60. The summed E-state index contributed by atoms with van der Waals surface area (Å²) in [5, 5.41) is 9.34. The molecule has 25 heavy (non-hydrogen) atoms. The topological polar surface area (TPSA) is 96.4 Å². The highest BCUT2D eigenvalue weighted by Gasteiger charge is 2.39. The van der Waals surface area contributed by atoms with Crippen LogP contribution >= 0.6 is 0 Å². The molecular weight excluding hydrogens is 328 g/mol. The number of amides is 2. The van der Waals surface area contributed by atoms with Crippen LogP contribution in [-0.4, -0.2) is 77.4 Å². The standard InChI is InChI=1S/C17H30N2O6/c1-11(2)9-12(18(6)16(23)25-17(3,4)5)14(20)19-7-8-24-10-13(19)15(21)22/h11-13H,7-10H2,1-6H3,(H,21,22)/t12-,13+/m0/s1. The lowest BCUT2D eigenvalue weighted by molar-refractivity contribution is -0.160. The summed E-state index contributed by atoms with van der Waals surface area (Å²) in [6.45, 7) is 9.55.